The molecule has 82 valence electrons. The van der Waals surface area contributed by atoms with Gasteiger partial charge in [0.25, 0.3) is 0 Å². The Kier molecular flexibility index (Phi) is 2.82. The summed E-state index contributed by atoms with van der Waals surface area (Å²) < 4.78 is 22.9. The highest BCUT2D eigenvalue weighted by Crippen LogP contribution is 2.52. The maximum atomic E-state index is 11.5. The fraction of sp³-hybridized carbons (Fsp3) is 1.00. The molecule has 2 rings (SSSR count). The van der Waals surface area contributed by atoms with Gasteiger partial charge in [-0.1, -0.05) is 25.7 Å². The molecule has 1 spiro atoms. The van der Waals surface area contributed by atoms with Crippen molar-refractivity contribution in [3.63, 3.8) is 0 Å². The van der Waals surface area contributed by atoms with Crippen LogP contribution in [-0.4, -0.2) is 13.7 Å². The van der Waals surface area contributed by atoms with E-state index in [0.717, 1.165) is 32.1 Å². The molecule has 1 atom stereocenters. The van der Waals surface area contributed by atoms with Gasteiger partial charge in [-0.05, 0) is 31.1 Å². The second-order valence-electron chi connectivity index (χ2n) is 4.78. The zero-order chi connectivity index (χ0) is 10.2. The summed E-state index contributed by atoms with van der Waals surface area (Å²) in [7, 11) is 2.20. The summed E-state index contributed by atoms with van der Waals surface area (Å²) in [6.45, 7) is 0. The topological polar surface area (TPSA) is 34.1 Å². The van der Waals surface area contributed by atoms with Crippen molar-refractivity contribution in [2.24, 2.45) is 5.41 Å². The van der Waals surface area contributed by atoms with Crippen molar-refractivity contribution >= 4 is 19.7 Å². The van der Waals surface area contributed by atoms with E-state index in [1.54, 1.807) is 0 Å². The van der Waals surface area contributed by atoms with Crippen LogP contribution in [0.15, 0.2) is 0 Å². The van der Waals surface area contributed by atoms with Crippen molar-refractivity contribution in [2.75, 3.05) is 0 Å². The molecule has 0 N–H and O–H groups in total. The molecular weight excluding hydrogens is 220 g/mol. The maximum Gasteiger partial charge on any atom is 0.235 e. The van der Waals surface area contributed by atoms with Crippen LogP contribution >= 0.6 is 10.7 Å². The predicted octanol–water partition coefficient (Wildman–Crippen LogP) is 3.06. The highest BCUT2D eigenvalue weighted by molar-refractivity contribution is 8.14. The molecule has 0 aromatic heterocycles. The van der Waals surface area contributed by atoms with Crippen LogP contribution in [0.1, 0.15) is 51.4 Å². The lowest BCUT2D eigenvalue weighted by molar-refractivity contribution is 0.200. The van der Waals surface area contributed by atoms with Gasteiger partial charge in [-0.3, -0.25) is 0 Å². The van der Waals surface area contributed by atoms with Crippen LogP contribution in [0.25, 0.3) is 0 Å². The monoisotopic (exact) mass is 236 g/mol. The molecule has 2 fully saturated rings. The summed E-state index contributed by atoms with van der Waals surface area (Å²) in [5, 5.41) is -0.253. The first-order valence-electron chi connectivity index (χ1n) is 5.48. The van der Waals surface area contributed by atoms with E-state index in [1.807, 2.05) is 0 Å². The van der Waals surface area contributed by atoms with E-state index < -0.39 is 9.05 Å². The molecule has 0 amide bonds. The third-order valence-electron chi connectivity index (χ3n) is 4.01. The Labute approximate surface area is 90.4 Å². The van der Waals surface area contributed by atoms with Crippen LogP contribution in [0.4, 0.5) is 0 Å². The molecule has 0 bridgehead atoms. The molecule has 2 saturated carbocycles. The number of halogens is 1. The molecule has 2 aliphatic carbocycles. The van der Waals surface area contributed by atoms with Gasteiger partial charge in [0.2, 0.25) is 9.05 Å². The largest absolute Gasteiger partial charge is 0.235 e. The number of rotatable bonds is 1. The zero-order valence-electron chi connectivity index (χ0n) is 8.34. The highest BCUT2D eigenvalue weighted by atomic mass is 35.7. The molecule has 2 nitrogen and oxygen atoms in total. The van der Waals surface area contributed by atoms with E-state index in [4.69, 9.17) is 10.7 Å². The van der Waals surface area contributed by atoms with E-state index in [-0.39, 0.29) is 10.7 Å². The zero-order valence-corrected chi connectivity index (χ0v) is 9.91. The average molecular weight is 237 g/mol. The second kappa shape index (κ2) is 3.67. The Bertz CT molecular complexity index is 304. The Morgan fingerprint density at radius 3 is 2.14 bits per heavy atom. The molecule has 0 radical (unpaired) electrons. The predicted molar refractivity (Wildman–Crippen MR) is 57.9 cm³/mol. The van der Waals surface area contributed by atoms with Crippen LogP contribution in [-0.2, 0) is 9.05 Å². The lowest BCUT2D eigenvalue weighted by Gasteiger charge is -2.37. The van der Waals surface area contributed by atoms with E-state index in [9.17, 15) is 8.42 Å². The molecular formula is C10H17ClO2S. The summed E-state index contributed by atoms with van der Waals surface area (Å²) in [5.41, 5.74) is 0.0544. The third kappa shape index (κ3) is 1.81. The van der Waals surface area contributed by atoms with Crippen molar-refractivity contribution in [1.29, 1.82) is 0 Å². The summed E-state index contributed by atoms with van der Waals surface area (Å²) >= 11 is 0. The Morgan fingerprint density at radius 1 is 1.00 bits per heavy atom. The lowest BCUT2D eigenvalue weighted by Crippen LogP contribution is -2.36. The molecule has 4 heteroatoms. The molecule has 0 heterocycles. The minimum Gasteiger partial charge on any atom is -0.212 e. The number of hydrogen-bond donors (Lipinski definition) is 0. The normalized spacial score (nSPS) is 32.2. The first kappa shape index (κ1) is 10.7. The summed E-state index contributed by atoms with van der Waals surface area (Å²) in [6.07, 6.45) is 8.67. The number of hydrogen-bond acceptors (Lipinski definition) is 2. The summed E-state index contributed by atoms with van der Waals surface area (Å²) in [4.78, 5) is 0. The van der Waals surface area contributed by atoms with Gasteiger partial charge >= 0.3 is 0 Å². The lowest BCUT2D eigenvalue weighted by atomic mass is 9.73. The van der Waals surface area contributed by atoms with E-state index in [1.165, 1.54) is 19.3 Å². The van der Waals surface area contributed by atoms with E-state index in [0.29, 0.717) is 0 Å². The quantitative estimate of drug-likeness (QED) is 0.656. The Balaban J connectivity index is 2.24. The minimum absolute atomic E-state index is 0.0544. The highest BCUT2D eigenvalue weighted by Gasteiger charge is 2.48. The van der Waals surface area contributed by atoms with Crippen LogP contribution in [0.2, 0.25) is 0 Å². The maximum absolute atomic E-state index is 11.5. The van der Waals surface area contributed by atoms with Crippen molar-refractivity contribution in [3.05, 3.63) is 0 Å². The Morgan fingerprint density at radius 2 is 1.57 bits per heavy atom. The van der Waals surface area contributed by atoms with Gasteiger partial charge in [0.15, 0.2) is 0 Å². The van der Waals surface area contributed by atoms with Gasteiger partial charge in [-0.2, -0.15) is 0 Å². The molecule has 0 saturated heterocycles. The smallest absolute Gasteiger partial charge is 0.212 e. The SMILES string of the molecule is O=S(=O)(Cl)C1CCCC12CCCCC2. The van der Waals surface area contributed by atoms with Gasteiger partial charge in [0, 0.05) is 10.7 Å². The fourth-order valence-corrected chi connectivity index (χ4v) is 5.61. The summed E-state index contributed by atoms with van der Waals surface area (Å²) in [6, 6.07) is 0. The van der Waals surface area contributed by atoms with Crippen molar-refractivity contribution < 1.29 is 8.42 Å². The second-order valence-corrected chi connectivity index (χ2v) is 7.59. The molecule has 0 aromatic carbocycles. The average Bonchev–Trinajstić information content (AvgIpc) is 2.49. The van der Waals surface area contributed by atoms with Gasteiger partial charge in [-0.15, -0.1) is 0 Å². The molecule has 2 aliphatic rings. The van der Waals surface area contributed by atoms with Gasteiger partial charge in [0.05, 0.1) is 5.25 Å². The van der Waals surface area contributed by atoms with Crippen LogP contribution in [0, 0.1) is 5.41 Å². The van der Waals surface area contributed by atoms with Crippen LogP contribution < -0.4 is 0 Å². The van der Waals surface area contributed by atoms with Crippen LogP contribution in [0.3, 0.4) is 0 Å². The van der Waals surface area contributed by atoms with Crippen LogP contribution in [0.5, 0.6) is 0 Å². The summed E-state index contributed by atoms with van der Waals surface area (Å²) in [5.74, 6) is 0. The van der Waals surface area contributed by atoms with Crippen molar-refractivity contribution in [1.82, 2.24) is 0 Å². The molecule has 14 heavy (non-hydrogen) atoms. The van der Waals surface area contributed by atoms with E-state index in [2.05, 4.69) is 0 Å². The molecule has 0 aromatic rings. The molecule has 1 unspecified atom stereocenters. The van der Waals surface area contributed by atoms with Crippen molar-refractivity contribution in [2.45, 2.75) is 56.6 Å². The van der Waals surface area contributed by atoms with Crippen molar-refractivity contribution in [3.8, 4) is 0 Å². The third-order valence-corrected chi connectivity index (χ3v) is 6.07. The van der Waals surface area contributed by atoms with Gasteiger partial charge in [-0.25, -0.2) is 8.42 Å². The van der Waals surface area contributed by atoms with Gasteiger partial charge < -0.3 is 0 Å². The van der Waals surface area contributed by atoms with Gasteiger partial charge in [0.1, 0.15) is 0 Å². The first-order chi connectivity index (χ1) is 6.55. The van der Waals surface area contributed by atoms with E-state index >= 15 is 0 Å². The standard InChI is InChI=1S/C10H17ClO2S/c11-14(12,13)9-5-4-8-10(9)6-2-1-3-7-10/h9H,1-8H2. The first-order valence-corrected chi connectivity index (χ1v) is 7.85. The fourth-order valence-electron chi connectivity index (χ4n) is 3.37. The molecule has 0 aliphatic heterocycles. The Hall–Kier alpha value is 0.240. The minimum atomic E-state index is -3.34.